The van der Waals surface area contributed by atoms with E-state index in [-0.39, 0.29) is 24.4 Å². The van der Waals surface area contributed by atoms with Crippen molar-refractivity contribution in [3.63, 3.8) is 0 Å². The van der Waals surface area contributed by atoms with Gasteiger partial charge in [0.05, 0.1) is 24.8 Å². The SMILES string of the molecule is COCCNC(=O)c1ccccc1NCC(=O)NC1CCCc2ccccc21. The Balaban J connectivity index is 1.58. The molecule has 3 rings (SSSR count). The number of carbonyl (C=O) groups excluding carboxylic acids is 2. The highest BCUT2D eigenvalue weighted by Gasteiger charge is 2.21. The summed E-state index contributed by atoms with van der Waals surface area (Å²) in [5.74, 6) is -0.280. The fourth-order valence-corrected chi connectivity index (χ4v) is 3.52. The normalized spacial score (nSPS) is 15.4. The van der Waals surface area contributed by atoms with Crippen molar-refractivity contribution in [1.29, 1.82) is 0 Å². The Hall–Kier alpha value is -2.86. The van der Waals surface area contributed by atoms with Crippen molar-refractivity contribution in [2.24, 2.45) is 0 Å². The van der Waals surface area contributed by atoms with Gasteiger partial charge in [-0.1, -0.05) is 36.4 Å². The predicted molar refractivity (Wildman–Crippen MR) is 109 cm³/mol. The van der Waals surface area contributed by atoms with E-state index in [4.69, 9.17) is 4.74 Å². The number of methoxy groups -OCH3 is 1. The summed E-state index contributed by atoms with van der Waals surface area (Å²) >= 11 is 0. The van der Waals surface area contributed by atoms with Crippen LogP contribution in [-0.4, -0.2) is 38.6 Å². The number of benzene rings is 2. The standard InChI is InChI=1S/C22H27N3O3/c1-28-14-13-23-22(27)18-10-4-5-11-19(18)24-15-21(26)25-20-12-6-8-16-7-2-3-9-17(16)20/h2-5,7,9-11,20,24H,6,8,12-15H2,1H3,(H,23,27)(H,25,26). The van der Waals surface area contributed by atoms with E-state index in [1.54, 1.807) is 25.3 Å². The van der Waals surface area contributed by atoms with Gasteiger partial charge in [0.25, 0.3) is 5.91 Å². The number of rotatable bonds is 8. The lowest BCUT2D eigenvalue weighted by atomic mass is 9.88. The first-order valence-corrected chi connectivity index (χ1v) is 9.66. The molecule has 0 saturated heterocycles. The molecule has 2 aromatic rings. The first-order chi connectivity index (χ1) is 13.7. The molecule has 1 aliphatic carbocycles. The maximum absolute atomic E-state index is 12.5. The van der Waals surface area contributed by atoms with E-state index in [0.29, 0.717) is 24.4 Å². The molecule has 0 bridgehead atoms. The van der Waals surface area contributed by atoms with Crippen LogP contribution >= 0.6 is 0 Å². The van der Waals surface area contributed by atoms with Gasteiger partial charge in [0.15, 0.2) is 0 Å². The van der Waals surface area contributed by atoms with Crippen LogP contribution < -0.4 is 16.0 Å². The molecule has 0 heterocycles. The lowest BCUT2D eigenvalue weighted by molar-refractivity contribution is -0.120. The van der Waals surface area contributed by atoms with E-state index < -0.39 is 0 Å². The summed E-state index contributed by atoms with van der Waals surface area (Å²) in [5, 5.41) is 9.01. The average molecular weight is 381 g/mol. The Bertz CT molecular complexity index is 822. The van der Waals surface area contributed by atoms with Crippen LogP contribution in [0.5, 0.6) is 0 Å². The molecular weight excluding hydrogens is 354 g/mol. The minimum Gasteiger partial charge on any atom is -0.383 e. The molecule has 2 amide bonds. The fraction of sp³-hybridized carbons (Fsp3) is 0.364. The second-order valence-electron chi connectivity index (χ2n) is 6.86. The van der Waals surface area contributed by atoms with Gasteiger partial charge in [0.1, 0.15) is 0 Å². The molecule has 28 heavy (non-hydrogen) atoms. The van der Waals surface area contributed by atoms with Crippen molar-refractivity contribution in [2.45, 2.75) is 25.3 Å². The van der Waals surface area contributed by atoms with Crippen LogP contribution in [0.4, 0.5) is 5.69 Å². The maximum atomic E-state index is 12.5. The highest BCUT2D eigenvalue weighted by Crippen LogP contribution is 2.29. The van der Waals surface area contributed by atoms with Crippen LogP contribution in [-0.2, 0) is 16.0 Å². The molecule has 0 saturated carbocycles. The van der Waals surface area contributed by atoms with Crippen LogP contribution in [0.2, 0.25) is 0 Å². The van der Waals surface area contributed by atoms with E-state index in [2.05, 4.69) is 28.1 Å². The first kappa shape index (κ1) is 19.9. The zero-order chi connectivity index (χ0) is 19.8. The molecule has 6 heteroatoms. The zero-order valence-corrected chi connectivity index (χ0v) is 16.2. The van der Waals surface area contributed by atoms with Gasteiger partial charge in [0, 0.05) is 19.3 Å². The molecule has 6 nitrogen and oxygen atoms in total. The Morgan fingerprint density at radius 3 is 2.75 bits per heavy atom. The van der Waals surface area contributed by atoms with Gasteiger partial charge in [0.2, 0.25) is 5.91 Å². The van der Waals surface area contributed by atoms with E-state index in [0.717, 1.165) is 19.3 Å². The van der Waals surface area contributed by atoms with Crippen molar-refractivity contribution in [2.75, 3.05) is 32.1 Å². The Morgan fingerprint density at radius 1 is 1.11 bits per heavy atom. The third kappa shape index (κ3) is 5.10. The zero-order valence-electron chi connectivity index (χ0n) is 16.2. The Labute approximate surface area is 165 Å². The maximum Gasteiger partial charge on any atom is 0.253 e. The van der Waals surface area contributed by atoms with Gasteiger partial charge in [-0.25, -0.2) is 0 Å². The van der Waals surface area contributed by atoms with Crippen molar-refractivity contribution < 1.29 is 14.3 Å². The van der Waals surface area contributed by atoms with Crippen LogP contribution in [0.1, 0.15) is 40.4 Å². The lowest BCUT2D eigenvalue weighted by Gasteiger charge is -2.26. The average Bonchev–Trinajstić information content (AvgIpc) is 2.73. The van der Waals surface area contributed by atoms with E-state index in [9.17, 15) is 9.59 Å². The Morgan fingerprint density at radius 2 is 1.89 bits per heavy atom. The second kappa shape index (κ2) is 9.90. The number of hydrogen-bond acceptors (Lipinski definition) is 4. The number of para-hydroxylation sites is 1. The molecule has 0 fully saturated rings. The van der Waals surface area contributed by atoms with Gasteiger partial charge in [-0.05, 0) is 42.5 Å². The van der Waals surface area contributed by atoms with Crippen LogP contribution in [0, 0.1) is 0 Å². The number of ether oxygens (including phenoxy) is 1. The minimum atomic E-state index is -0.193. The Kier molecular flexibility index (Phi) is 7.03. The monoisotopic (exact) mass is 381 g/mol. The molecule has 0 aromatic heterocycles. The molecule has 3 N–H and O–H groups in total. The summed E-state index contributed by atoms with van der Waals surface area (Å²) in [6, 6.07) is 15.5. The van der Waals surface area contributed by atoms with Crippen molar-refractivity contribution in [3.05, 3.63) is 65.2 Å². The largest absolute Gasteiger partial charge is 0.383 e. The highest BCUT2D eigenvalue weighted by atomic mass is 16.5. The summed E-state index contributed by atoms with van der Waals surface area (Å²) in [6.45, 7) is 0.999. The summed E-state index contributed by atoms with van der Waals surface area (Å²) in [7, 11) is 1.59. The molecular formula is C22H27N3O3. The summed E-state index contributed by atoms with van der Waals surface area (Å²) < 4.78 is 4.95. The third-order valence-electron chi connectivity index (χ3n) is 4.91. The predicted octanol–water partition coefficient (Wildman–Crippen LogP) is 2.67. The molecule has 0 aliphatic heterocycles. The van der Waals surface area contributed by atoms with Crippen LogP contribution in [0.25, 0.3) is 0 Å². The lowest BCUT2D eigenvalue weighted by Crippen LogP contribution is -2.35. The molecule has 0 radical (unpaired) electrons. The van der Waals surface area contributed by atoms with Crippen LogP contribution in [0.3, 0.4) is 0 Å². The van der Waals surface area contributed by atoms with Gasteiger partial charge >= 0.3 is 0 Å². The number of amides is 2. The molecule has 1 atom stereocenters. The number of anilines is 1. The summed E-state index contributed by atoms with van der Waals surface area (Å²) in [4.78, 5) is 24.8. The summed E-state index contributed by atoms with van der Waals surface area (Å²) in [5.41, 5.74) is 3.66. The van der Waals surface area contributed by atoms with Crippen molar-refractivity contribution in [1.82, 2.24) is 10.6 Å². The highest BCUT2D eigenvalue weighted by molar-refractivity contribution is 6.00. The van der Waals surface area contributed by atoms with Crippen molar-refractivity contribution >= 4 is 17.5 Å². The summed E-state index contributed by atoms with van der Waals surface area (Å²) in [6.07, 6.45) is 3.08. The molecule has 1 aliphatic rings. The number of carbonyl (C=O) groups is 2. The fourth-order valence-electron chi connectivity index (χ4n) is 3.52. The number of nitrogens with one attached hydrogen (secondary N) is 3. The van der Waals surface area contributed by atoms with Gasteiger partial charge in [-0.3, -0.25) is 9.59 Å². The molecule has 1 unspecified atom stereocenters. The topological polar surface area (TPSA) is 79.5 Å². The van der Waals surface area contributed by atoms with Crippen molar-refractivity contribution in [3.8, 4) is 0 Å². The van der Waals surface area contributed by atoms with Gasteiger partial charge in [-0.15, -0.1) is 0 Å². The third-order valence-corrected chi connectivity index (χ3v) is 4.91. The number of hydrogen-bond donors (Lipinski definition) is 3. The molecule has 0 spiro atoms. The van der Waals surface area contributed by atoms with E-state index in [1.165, 1.54) is 11.1 Å². The second-order valence-corrected chi connectivity index (χ2v) is 6.86. The minimum absolute atomic E-state index is 0.0480. The quantitative estimate of drug-likeness (QED) is 0.614. The van der Waals surface area contributed by atoms with E-state index in [1.807, 2.05) is 18.2 Å². The smallest absolute Gasteiger partial charge is 0.253 e. The number of fused-ring (bicyclic) bond motifs is 1. The van der Waals surface area contributed by atoms with Crippen LogP contribution in [0.15, 0.2) is 48.5 Å². The molecule has 2 aromatic carbocycles. The molecule has 148 valence electrons. The van der Waals surface area contributed by atoms with Gasteiger partial charge < -0.3 is 20.7 Å². The van der Waals surface area contributed by atoms with E-state index >= 15 is 0 Å². The number of aryl methyl sites for hydroxylation is 1. The van der Waals surface area contributed by atoms with Gasteiger partial charge in [-0.2, -0.15) is 0 Å². The first-order valence-electron chi connectivity index (χ1n) is 9.66.